The van der Waals surface area contributed by atoms with Crippen molar-refractivity contribution in [2.24, 2.45) is 11.3 Å². The summed E-state index contributed by atoms with van der Waals surface area (Å²) in [5, 5.41) is 0. The zero-order valence-corrected chi connectivity index (χ0v) is 13.9. The van der Waals surface area contributed by atoms with E-state index in [2.05, 4.69) is 4.90 Å². The summed E-state index contributed by atoms with van der Waals surface area (Å²) in [4.78, 5) is 40.1. The number of fused-ring (bicyclic) bond motifs is 3. The highest BCUT2D eigenvalue weighted by atomic mass is 16.6. The van der Waals surface area contributed by atoms with Crippen molar-refractivity contribution >= 4 is 17.7 Å². The summed E-state index contributed by atoms with van der Waals surface area (Å²) in [5.74, 6) is -1.11. The number of Topliss-reactive ketones (excluding diaryl/α,β-unsaturated/α-hetero) is 1. The van der Waals surface area contributed by atoms with E-state index in [1.54, 1.807) is 13.8 Å². The van der Waals surface area contributed by atoms with Crippen LogP contribution in [0.25, 0.3) is 0 Å². The van der Waals surface area contributed by atoms with E-state index >= 15 is 0 Å². The molecule has 1 aliphatic carbocycles. The van der Waals surface area contributed by atoms with Gasteiger partial charge in [-0.1, -0.05) is 0 Å². The third-order valence-electron chi connectivity index (χ3n) is 5.65. The highest BCUT2D eigenvalue weighted by Gasteiger charge is 2.60. The molecule has 0 spiro atoms. The Labute approximate surface area is 136 Å². The molecule has 0 bridgehead atoms. The molecule has 128 valence electrons. The van der Waals surface area contributed by atoms with Gasteiger partial charge in [-0.15, -0.1) is 0 Å². The number of hydrogen-bond acceptors (Lipinski definition) is 6. The Morgan fingerprint density at radius 1 is 1.17 bits per heavy atom. The smallest absolute Gasteiger partial charge is 0.323 e. The van der Waals surface area contributed by atoms with Crippen molar-refractivity contribution in [3.8, 4) is 0 Å². The standard InChI is InChI=1S/C17H25NO5/c1-3-22-15(20)17(16(21)23-4-2)8-7-12-11(10-17)14(19)13-6-5-9-18(12)13/h11-13H,3-10H2,1-2H3/t11-,12+,13-/m1/s1. The Kier molecular flexibility index (Phi) is 4.45. The number of esters is 2. The van der Waals surface area contributed by atoms with Crippen LogP contribution in [-0.2, 0) is 23.9 Å². The van der Waals surface area contributed by atoms with Gasteiger partial charge in [-0.2, -0.15) is 0 Å². The minimum absolute atomic E-state index is 0.00908. The minimum Gasteiger partial charge on any atom is -0.465 e. The Bertz CT molecular complexity index is 499. The molecule has 2 heterocycles. The zero-order valence-electron chi connectivity index (χ0n) is 13.9. The van der Waals surface area contributed by atoms with Crippen LogP contribution in [0.2, 0.25) is 0 Å². The van der Waals surface area contributed by atoms with Crippen molar-refractivity contribution in [1.82, 2.24) is 4.90 Å². The van der Waals surface area contributed by atoms with Crippen molar-refractivity contribution < 1.29 is 23.9 Å². The third kappa shape index (κ3) is 2.47. The molecule has 3 fully saturated rings. The summed E-state index contributed by atoms with van der Waals surface area (Å²) in [5.41, 5.74) is -1.30. The van der Waals surface area contributed by atoms with Crippen molar-refractivity contribution in [3.05, 3.63) is 0 Å². The second-order valence-corrected chi connectivity index (χ2v) is 6.74. The lowest BCUT2D eigenvalue weighted by Gasteiger charge is -2.39. The highest BCUT2D eigenvalue weighted by molar-refractivity contribution is 6.01. The predicted molar refractivity (Wildman–Crippen MR) is 81.6 cm³/mol. The lowest BCUT2D eigenvalue weighted by molar-refractivity contribution is -0.176. The van der Waals surface area contributed by atoms with Gasteiger partial charge in [-0.25, -0.2) is 0 Å². The molecular formula is C17H25NO5. The molecule has 23 heavy (non-hydrogen) atoms. The van der Waals surface area contributed by atoms with Crippen LogP contribution in [0.15, 0.2) is 0 Å². The van der Waals surface area contributed by atoms with E-state index in [-0.39, 0.29) is 43.4 Å². The first kappa shape index (κ1) is 16.4. The van der Waals surface area contributed by atoms with Crippen molar-refractivity contribution in [1.29, 1.82) is 0 Å². The van der Waals surface area contributed by atoms with Gasteiger partial charge in [0.2, 0.25) is 0 Å². The van der Waals surface area contributed by atoms with Crippen LogP contribution < -0.4 is 0 Å². The van der Waals surface area contributed by atoms with Crippen molar-refractivity contribution in [2.45, 2.75) is 58.0 Å². The molecule has 2 aliphatic heterocycles. The van der Waals surface area contributed by atoms with Gasteiger partial charge in [0.25, 0.3) is 0 Å². The Balaban J connectivity index is 1.87. The lowest BCUT2D eigenvalue weighted by atomic mass is 9.67. The summed E-state index contributed by atoms with van der Waals surface area (Å²) < 4.78 is 10.3. The van der Waals surface area contributed by atoms with Gasteiger partial charge in [0.1, 0.15) is 0 Å². The SMILES string of the molecule is CCOC(=O)C1(C(=O)OCC)CC[C@H]2[C@@H](C1)C(=O)[C@H]1CCCN12. The van der Waals surface area contributed by atoms with Crippen LogP contribution in [-0.4, -0.2) is 54.5 Å². The number of nitrogens with zero attached hydrogens (tertiary/aromatic N) is 1. The maximum absolute atomic E-state index is 12.7. The van der Waals surface area contributed by atoms with Gasteiger partial charge in [0.05, 0.1) is 19.3 Å². The third-order valence-corrected chi connectivity index (χ3v) is 5.65. The highest BCUT2D eigenvalue weighted by Crippen LogP contribution is 2.49. The van der Waals surface area contributed by atoms with Crippen LogP contribution in [0.4, 0.5) is 0 Å². The van der Waals surface area contributed by atoms with Crippen LogP contribution in [0.3, 0.4) is 0 Å². The molecule has 0 aromatic carbocycles. The Morgan fingerprint density at radius 2 is 1.83 bits per heavy atom. The first-order valence-electron chi connectivity index (χ1n) is 8.69. The second-order valence-electron chi connectivity index (χ2n) is 6.74. The number of carbonyl (C=O) groups is 3. The van der Waals surface area contributed by atoms with Crippen LogP contribution in [0, 0.1) is 11.3 Å². The van der Waals surface area contributed by atoms with Crippen LogP contribution in [0.5, 0.6) is 0 Å². The molecule has 0 N–H and O–H groups in total. The van der Waals surface area contributed by atoms with E-state index in [1.807, 2.05) is 0 Å². The number of rotatable bonds is 4. The van der Waals surface area contributed by atoms with E-state index in [0.29, 0.717) is 12.8 Å². The molecular weight excluding hydrogens is 298 g/mol. The molecule has 0 aromatic rings. The quantitative estimate of drug-likeness (QED) is 0.574. The molecule has 1 saturated carbocycles. The lowest BCUT2D eigenvalue weighted by Crippen LogP contribution is -2.50. The van der Waals surface area contributed by atoms with Crippen LogP contribution >= 0.6 is 0 Å². The van der Waals surface area contributed by atoms with Crippen molar-refractivity contribution in [3.63, 3.8) is 0 Å². The van der Waals surface area contributed by atoms with E-state index in [9.17, 15) is 14.4 Å². The number of carbonyl (C=O) groups excluding carboxylic acids is 3. The van der Waals surface area contributed by atoms with E-state index < -0.39 is 17.4 Å². The minimum atomic E-state index is -1.30. The zero-order chi connectivity index (χ0) is 16.6. The van der Waals surface area contributed by atoms with Gasteiger partial charge in [-0.3, -0.25) is 19.3 Å². The average molecular weight is 323 g/mol. The molecule has 0 unspecified atom stereocenters. The molecule has 0 aromatic heterocycles. The fraction of sp³-hybridized carbons (Fsp3) is 0.824. The maximum Gasteiger partial charge on any atom is 0.323 e. The molecule has 3 atom stereocenters. The molecule has 0 radical (unpaired) electrons. The molecule has 6 nitrogen and oxygen atoms in total. The first-order chi connectivity index (χ1) is 11.0. The largest absolute Gasteiger partial charge is 0.465 e. The summed E-state index contributed by atoms with van der Waals surface area (Å²) in [7, 11) is 0. The molecule has 3 aliphatic rings. The molecule has 6 heteroatoms. The monoisotopic (exact) mass is 323 g/mol. The van der Waals surface area contributed by atoms with Crippen LogP contribution in [0.1, 0.15) is 46.0 Å². The molecule has 3 rings (SSSR count). The fourth-order valence-electron chi connectivity index (χ4n) is 4.63. The van der Waals surface area contributed by atoms with E-state index in [4.69, 9.17) is 9.47 Å². The number of hydrogen-bond donors (Lipinski definition) is 0. The second kappa shape index (κ2) is 6.23. The summed E-state index contributed by atoms with van der Waals surface area (Å²) in [6, 6.07) is 0.164. The predicted octanol–water partition coefficient (Wildman–Crippen LogP) is 1.31. The van der Waals surface area contributed by atoms with Gasteiger partial charge < -0.3 is 9.47 Å². The fourth-order valence-corrected chi connectivity index (χ4v) is 4.63. The topological polar surface area (TPSA) is 72.9 Å². The van der Waals surface area contributed by atoms with E-state index in [0.717, 1.165) is 19.4 Å². The first-order valence-corrected chi connectivity index (χ1v) is 8.69. The average Bonchev–Trinajstić information content (AvgIpc) is 3.11. The maximum atomic E-state index is 12.7. The summed E-state index contributed by atoms with van der Waals surface area (Å²) >= 11 is 0. The summed E-state index contributed by atoms with van der Waals surface area (Å²) in [6.07, 6.45) is 3.27. The number of ether oxygens (including phenoxy) is 2. The molecule has 2 saturated heterocycles. The van der Waals surface area contributed by atoms with Gasteiger partial charge in [0.15, 0.2) is 11.2 Å². The Hall–Kier alpha value is -1.43. The van der Waals surface area contributed by atoms with E-state index in [1.165, 1.54) is 0 Å². The molecule has 0 amide bonds. The van der Waals surface area contributed by atoms with Gasteiger partial charge >= 0.3 is 11.9 Å². The van der Waals surface area contributed by atoms with Gasteiger partial charge in [-0.05, 0) is 52.5 Å². The number of ketones is 1. The normalized spacial score (nSPS) is 32.3. The van der Waals surface area contributed by atoms with Crippen molar-refractivity contribution in [2.75, 3.05) is 19.8 Å². The summed E-state index contributed by atoms with van der Waals surface area (Å²) in [6.45, 7) is 4.83. The van der Waals surface area contributed by atoms with Gasteiger partial charge in [0, 0.05) is 12.0 Å². The Morgan fingerprint density at radius 3 is 2.43 bits per heavy atom.